The highest BCUT2D eigenvalue weighted by molar-refractivity contribution is 6.05. The summed E-state index contributed by atoms with van der Waals surface area (Å²) in [5.41, 5.74) is 6.17. The number of carbonyl (C=O) groups excluding carboxylic acids is 1. The number of nitrogen functional groups attached to an aromatic ring is 1. The second-order valence-electron chi connectivity index (χ2n) is 4.68. The van der Waals surface area contributed by atoms with Crippen molar-refractivity contribution in [2.24, 2.45) is 0 Å². The lowest BCUT2D eigenvalue weighted by Gasteiger charge is -2.10. The maximum absolute atomic E-state index is 13.8. The monoisotopic (exact) mass is 294 g/mol. The lowest BCUT2D eigenvalue weighted by atomic mass is 10.1. The number of rotatable bonds is 2. The molecule has 2 rings (SSSR count). The lowest BCUT2D eigenvalue weighted by Crippen LogP contribution is -2.14. The summed E-state index contributed by atoms with van der Waals surface area (Å²) in [4.78, 5) is 12.0. The summed E-state index contributed by atoms with van der Waals surface area (Å²) in [5.74, 6) is -4.17. The fourth-order valence-electron chi connectivity index (χ4n) is 1.80. The van der Waals surface area contributed by atoms with Crippen molar-refractivity contribution in [1.82, 2.24) is 0 Å². The van der Waals surface area contributed by atoms with E-state index in [4.69, 9.17) is 5.73 Å². The number of nitrogens with two attached hydrogens (primary N) is 1. The van der Waals surface area contributed by atoms with Gasteiger partial charge in [-0.15, -0.1) is 0 Å². The highest BCUT2D eigenvalue weighted by atomic mass is 19.2. The predicted molar refractivity (Wildman–Crippen MR) is 74.6 cm³/mol. The number of aryl methyl sites for hydroxylation is 1. The molecule has 0 aliphatic carbocycles. The Balaban J connectivity index is 2.34. The van der Waals surface area contributed by atoms with E-state index in [1.807, 2.05) is 0 Å². The average molecular weight is 294 g/mol. The number of amides is 1. The minimum Gasteiger partial charge on any atom is -0.398 e. The van der Waals surface area contributed by atoms with Crippen molar-refractivity contribution in [3.8, 4) is 0 Å². The van der Waals surface area contributed by atoms with Gasteiger partial charge in [0.25, 0.3) is 5.91 Å². The van der Waals surface area contributed by atoms with Gasteiger partial charge in [-0.3, -0.25) is 4.79 Å². The molecule has 3 N–H and O–H groups in total. The molecule has 3 nitrogen and oxygen atoms in total. The molecule has 0 saturated carbocycles. The first-order chi connectivity index (χ1) is 9.81. The minimum absolute atomic E-state index is 0.194. The van der Waals surface area contributed by atoms with Gasteiger partial charge in [-0.2, -0.15) is 0 Å². The van der Waals surface area contributed by atoms with Gasteiger partial charge in [0.05, 0.1) is 5.69 Å². The van der Waals surface area contributed by atoms with Crippen LogP contribution in [0.4, 0.5) is 24.5 Å². The number of hydrogen-bond donors (Lipinski definition) is 2. The van der Waals surface area contributed by atoms with Gasteiger partial charge in [-0.05, 0) is 31.5 Å². The van der Waals surface area contributed by atoms with E-state index in [2.05, 4.69) is 5.32 Å². The van der Waals surface area contributed by atoms with Crippen LogP contribution < -0.4 is 11.1 Å². The third-order valence-electron chi connectivity index (χ3n) is 3.17. The van der Waals surface area contributed by atoms with Crippen molar-refractivity contribution < 1.29 is 18.0 Å². The SMILES string of the molecule is Cc1ccc(C(=O)Nc2cc(F)c(F)c(C)c2F)cc1N. The molecule has 0 bridgehead atoms. The maximum atomic E-state index is 13.8. The van der Waals surface area contributed by atoms with Gasteiger partial charge in [-0.25, -0.2) is 13.2 Å². The topological polar surface area (TPSA) is 55.1 Å². The van der Waals surface area contributed by atoms with Crippen LogP contribution in [0.3, 0.4) is 0 Å². The molecule has 0 unspecified atom stereocenters. The van der Waals surface area contributed by atoms with Crippen molar-refractivity contribution in [3.63, 3.8) is 0 Å². The zero-order valence-electron chi connectivity index (χ0n) is 11.4. The van der Waals surface area contributed by atoms with Crippen molar-refractivity contribution in [2.75, 3.05) is 11.1 Å². The molecule has 0 aromatic heterocycles. The number of carbonyl (C=O) groups is 1. The molecule has 0 heterocycles. The second-order valence-corrected chi connectivity index (χ2v) is 4.68. The molecule has 0 fully saturated rings. The average Bonchev–Trinajstić information content (AvgIpc) is 2.45. The summed E-state index contributed by atoms with van der Waals surface area (Å²) in [6.45, 7) is 2.86. The van der Waals surface area contributed by atoms with Crippen LogP contribution in [-0.4, -0.2) is 5.91 Å². The van der Waals surface area contributed by atoms with Crippen LogP contribution in [0.5, 0.6) is 0 Å². The van der Waals surface area contributed by atoms with Crippen LogP contribution in [0.2, 0.25) is 0 Å². The maximum Gasteiger partial charge on any atom is 0.255 e. The van der Waals surface area contributed by atoms with E-state index < -0.39 is 34.6 Å². The first-order valence-electron chi connectivity index (χ1n) is 6.13. The summed E-state index contributed by atoms with van der Waals surface area (Å²) >= 11 is 0. The van der Waals surface area contributed by atoms with Crippen LogP contribution in [0.15, 0.2) is 24.3 Å². The Morgan fingerprint density at radius 3 is 2.38 bits per heavy atom. The molecular weight excluding hydrogens is 281 g/mol. The van der Waals surface area contributed by atoms with Gasteiger partial charge in [0.15, 0.2) is 17.5 Å². The highest BCUT2D eigenvalue weighted by Crippen LogP contribution is 2.24. The van der Waals surface area contributed by atoms with E-state index in [0.717, 1.165) is 12.5 Å². The standard InChI is InChI=1S/C15H13F3N2O/c1-7-3-4-9(5-11(7)19)15(21)20-12-6-10(16)13(17)8(2)14(12)18/h3-6H,19H2,1-2H3,(H,20,21). The summed E-state index contributed by atoms with van der Waals surface area (Å²) in [5, 5.41) is 2.21. The van der Waals surface area contributed by atoms with Gasteiger partial charge in [-0.1, -0.05) is 6.07 Å². The molecule has 0 aliphatic heterocycles. The van der Waals surface area contributed by atoms with Crippen molar-refractivity contribution >= 4 is 17.3 Å². The van der Waals surface area contributed by atoms with Gasteiger partial charge in [0.2, 0.25) is 0 Å². The van der Waals surface area contributed by atoms with Crippen LogP contribution >= 0.6 is 0 Å². The molecule has 0 radical (unpaired) electrons. The fourth-order valence-corrected chi connectivity index (χ4v) is 1.80. The van der Waals surface area contributed by atoms with Crippen LogP contribution in [-0.2, 0) is 0 Å². The Bertz CT molecular complexity index is 729. The Hall–Kier alpha value is -2.50. The van der Waals surface area contributed by atoms with Crippen LogP contribution in [0.25, 0.3) is 0 Å². The Labute approximate surface area is 119 Å². The van der Waals surface area contributed by atoms with Gasteiger partial charge < -0.3 is 11.1 Å². The Kier molecular flexibility index (Phi) is 3.88. The van der Waals surface area contributed by atoms with E-state index in [1.165, 1.54) is 12.1 Å². The van der Waals surface area contributed by atoms with E-state index in [9.17, 15) is 18.0 Å². The van der Waals surface area contributed by atoms with Crippen LogP contribution in [0, 0.1) is 31.3 Å². The molecule has 0 atom stereocenters. The third-order valence-corrected chi connectivity index (χ3v) is 3.17. The lowest BCUT2D eigenvalue weighted by molar-refractivity contribution is 0.102. The summed E-state index contributed by atoms with van der Waals surface area (Å²) < 4.78 is 40.3. The molecule has 21 heavy (non-hydrogen) atoms. The molecule has 0 spiro atoms. The fraction of sp³-hybridized carbons (Fsp3) is 0.133. The zero-order valence-corrected chi connectivity index (χ0v) is 11.4. The first kappa shape index (κ1) is 14.9. The summed E-state index contributed by atoms with van der Waals surface area (Å²) in [7, 11) is 0. The van der Waals surface area contributed by atoms with E-state index in [-0.39, 0.29) is 5.56 Å². The van der Waals surface area contributed by atoms with Crippen molar-refractivity contribution in [3.05, 3.63) is 58.4 Å². The molecule has 2 aromatic carbocycles. The Morgan fingerprint density at radius 1 is 1.10 bits per heavy atom. The molecule has 2 aromatic rings. The highest BCUT2D eigenvalue weighted by Gasteiger charge is 2.17. The van der Waals surface area contributed by atoms with E-state index >= 15 is 0 Å². The van der Waals surface area contributed by atoms with Gasteiger partial charge in [0.1, 0.15) is 0 Å². The Morgan fingerprint density at radius 2 is 1.76 bits per heavy atom. The largest absolute Gasteiger partial charge is 0.398 e. The second kappa shape index (κ2) is 5.47. The quantitative estimate of drug-likeness (QED) is 0.657. The smallest absolute Gasteiger partial charge is 0.255 e. The molecule has 1 amide bonds. The summed E-state index contributed by atoms with van der Waals surface area (Å²) in [6.07, 6.45) is 0. The molecule has 110 valence electrons. The summed E-state index contributed by atoms with van der Waals surface area (Å²) in [6, 6.07) is 5.17. The molecule has 0 saturated heterocycles. The third kappa shape index (κ3) is 2.84. The molecule has 0 aliphatic rings. The van der Waals surface area contributed by atoms with Crippen molar-refractivity contribution in [1.29, 1.82) is 0 Å². The van der Waals surface area contributed by atoms with E-state index in [0.29, 0.717) is 11.8 Å². The van der Waals surface area contributed by atoms with Gasteiger partial charge in [0, 0.05) is 22.9 Å². The van der Waals surface area contributed by atoms with Crippen LogP contribution in [0.1, 0.15) is 21.5 Å². The zero-order chi connectivity index (χ0) is 15.7. The minimum atomic E-state index is -1.27. The number of anilines is 2. The molecule has 6 heteroatoms. The number of hydrogen-bond acceptors (Lipinski definition) is 2. The van der Waals surface area contributed by atoms with Gasteiger partial charge >= 0.3 is 0 Å². The van der Waals surface area contributed by atoms with Crippen molar-refractivity contribution in [2.45, 2.75) is 13.8 Å². The molecular formula is C15H13F3N2O. The first-order valence-corrected chi connectivity index (χ1v) is 6.13. The predicted octanol–water partition coefficient (Wildman–Crippen LogP) is 3.56. The van der Waals surface area contributed by atoms with E-state index in [1.54, 1.807) is 13.0 Å². The normalized spacial score (nSPS) is 10.5. The number of benzene rings is 2. The number of halogens is 3. The number of nitrogens with one attached hydrogen (secondary N) is 1.